The Labute approximate surface area is 199 Å². The van der Waals surface area contributed by atoms with Crippen LogP contribution < -0.4 is 5.32 Å². The fraction of sp³-hybridized carbons (Fsp3) is 0.115. The molecule has 0 aliphatic heterocycles. The molecule has 176 valence electrons. The number of hydrogen-bond acceptors (Lipinski definition) is 3. The van der Waals surface area contributed by atoms with Crippen molar-refractivity contribution in [2.45, 2.75) is 19.2 Å². The first-order valence-electron chi connectivity index (χ1n) is 10.5. The second-order valence-electron chi connectivity index (χ2n) is 7.85. The number of halogens is 3. The molecule has 2 N–H and O–H groups in total. The van der Waals surface area contributed by atoms with Gasteiger partial charge < -0.3 is 10.4 Å². The number of aromatic nitrogens is 2. The van der Waals surface area contributed by atoms with Gasteiger partial charge in [-0.3, -0.25) is 4.79 Å². The number of amides is 1. The van der Waals surface area contributed by atoms with Gasteiger partial charge in [0.1, 0.15) is 11.8 Å². The number of benzene rings is 3. The van der Waals surface area contributed by atoms with E-state index in [0.717, 1.165) is 10.2 Å². The molecule has 0 saturated carbocycles. The summed E-state index contributed by atoms with van der Waals surface area (Å²) >= 11 is 0. The number of aliphatic hydroxyl groups is 1. The van der Waals surface area contributed by atoms with Gasteiger partial charge in [-0.25, -0.2) is 9.53 Å². The molecule has 1 heterocycles. The Bertz CT molecular complexity index is 1440. The van der Waals surface area contributed by atoms with Crippen LogP contribution in [0.5, 0.6) is 0 Å². The van der Waals surface area contributed by atoms with E-state index in [-0.39, 0.29) is 22.8 Å². The highest BCUT2D eigenvalue weighted by Crippen LogP contribution is 2.31. The molecule has 0 aliphatic rings. The number of anilines is 1. The van der Waals surface area contributed by atoms with Crippen molar-refractivity contribution in [3.63, 3.8) is 0 Å². The maximum Gasteiger partial charge on any atom is 0.435 e. The number of carbonyl (C=O) groups is 1. The molecule has 0 spiro atoms. The number of nitrogens with one attached hydrogen (secondary N) is 1. The summed E-state index contributed by atoms with van der Waals surface area (Å²) in [6.07, 6.45) is -5.72. The van der Waals surface area contributed by atoms with Crippen LogP contribution in [0.3, 0.4) is 0 Å². The predicted octanol–water partition coefficient (Wildman–Crippen LogP) is 6.08. The lowest BCUT2D eigenvalue weighted by atomic mass is 9.99. The van der Waals surface area contributed by atoms with Crippen molar-refractivity contribution < 1.29 is 23.1 Å². The Hall–Kier alpha value is -4.42. The van der Waals surface area contributed by atoms with Crippen LogP contribution in [0.4, 0.5) is 24.5 Å². The first kappa shape index (κ1) is 23.7. The highest BCUT2D eigenvalue weighted by molar-refractivity contribution is 6.03. The fourth-order valence-electron chi connectivity index (χ4n) is 3.59. The van der Waals surface area contributed by atoms with Gasteiger partial charge in [0, 0.05) is 11.8 Å². The van der Waals surface area contributed by atoms with Gasteiger partial charge in [0.2, 0.25) is 0 Å². The maximum atomic E-state index is 13.4. The van der Waals surface area contributed by atoms with Crippen LogP contribution in [0.15, 0.2) is 78.9 Å². The molecule has 1 amide bonds. The minimum Gasteiger partial charge on any atom is -0.384 e. The van der Waals surface area contributed by atoms with E-state index < -0.39 is 23.9 Å². The molecular formula is C26H19F3N4O2. The predicted molar refractivity (Wildman–Crippen MR) is 124 cm³/mol. The van der Waals surface area contributed by atoms with E-state index >= 15 is 0 Å². The van der Waals surface area contributed by atoms with Crippen LogP contribution in [0.25, 0.3) is 10.5 Å². The zero-order valence-electron chi connectivity index (χ0n) is 18.4. The molecule has 6 nitrogen and oxygen atoms in total. The number of hydrogen-bond donors (Lipinski definition) is 2. The third kappa shape index (κ3) is 5.23. The summed E-state index contributed by atoms with van der Waals surface area (Å²) in [5.41, 5.74) is 1.17. The van der Waals surface area contributed by atoms with E-state index in [4.69, 9.17) is 6.57 Å². The van der Waals surface area contributed by atoms with E-state index in [9.17, 15) is 23.1 Å². The van der Waals surface area contributed by atoms with Crippen LogP contribution in [-0.4, -0.2) is 20.8 Å². The van der Waals surface area contributed by atoms with Crippen molar-refractivity contribution in [1.82, 2.24) is 9.78 Å². The molecule has 1 unspecified atom stereocenters. The van der Waals surface area contributed by atoms with Crippen LogP contribution >= 0.6 is 0 Å². The highest BCUT2D eigenvalue weighted by Gasteiger charge is 2.36. The van der Waals surface area contributed by atoms with Gasteiger partial charge in [-0.15, -0.1) is 0 Å². The quantitative estimate of drug-likeness (QED) is 0.343. The van der Waals surface area contributed by atoms with Crippen molar-refractivity contribution in [1.29, 1.82) is 0 Å². The minimum absolute atomic E-state index is 0.141. The summed E-state index contributed by atoms with van der Waals surface area (Å²) in [6.45, 7) is 9.04. The molecule has 4 aromatic rings. The lowest BCUT2D eigenvalue weighted by Gasteiger charge is -2.14. The molecular weight excluding hydrogens is 457 g/mol. The number of carbonyl (C=O) groups excluding carboxylic acids is 1. The van der Waals surface area contributed by atoms with E-state index in [0.29, 0.717) is 17.2 Å². The monoisotopic (exact) mass is 476 g/mol. The molecule has 4 rings (SSSR count). The smallest absolute Gasteiger partial charge is 0.384 e. The second-order valence-corrected chi connectivity index (χ2v) is 7.85. The molecule has 1 atom stereocenters. The maximum absolute atomic E-state index is 13.4. The van der Waals surface area contributed by atoms with E-state index in [1.165, 1.54) is 24.3 Å². The number of aliphatic hydroxyl groups excluding tert-OH is 1. The molecule has 1 aromatic heterocycles. The fourth-order valence-corrected chi connectivity index (χ4v) is 3.59. The van der Waals surface area contributed by atoms with Crippen LogP contribution in [0.1, 0.15) is 39.0 Å². The first-order valence-corrected chi connectivity index (χ1v) is 10.5. The number of aryl methyl sites for hydroxylation is 1. The Morgan fingerprint density at radius 1 is 1.03 bits per heavy atom. The number of alkyl halides is 3. The van der Waals surface area contributed by atoms with E-state index in [1.54, 1.807) is 30.3 Å². The molecule has 3 aromatic carbocycles. The van der Waals surface area contributed by atoms with Crippen molar-refractivity contribution in [3.8, 4) is 5.69 Å². The topological polar surface area (TPSA) is 71.5 Å². The summed E-state index contributed by atoms with van der Waals surface area (Å²) in [7, 11) is 0. The Morgan fingerprint density at radius 2 is 1.71 bits per heavy atom. The summed E-state index contributed by atoms with van der Waals surface area (Å²) in [5, 5.41) is 16.9. The molecule has 0 radical (unpaired) electrons. The molecule has 0 saturated heterocycles. The Balaban J connectivity index is 1.67. The van der Waals surface area contributed by atoms with Gasteiger partial charge in [-0.1, -0.05) is 54.1 Å². The Kier molecular flexibility index (Phi) is 6.40. The molecule has 0 fully saturated rings. The largest absolute Gasteiger partial charge is 0.435 e. The summed E-state index contributed by atoms with van der Waals surface area (Å²) < 4.78 is 41.0. The molecule has 0 bridgehead atoms. The molecule has 9 heteroatoms. The first-order chi connectivity index (χ1) is 16.7. The minimum atomic E-state index is -4.77. The Morgan fingerprint density at radius 3 is 2.40 bits per heavy atom. The third-order valence-electron chi connectivity index (χ3n) is 5.25. The lowest BCUT2D eigenvalue weighted by molar-refractivity contribution is -0.141. The normalized spacial score (nSPS) is 12.1. The van der Waals surface area contributed by atoms with Gasteiger partial charge in [0.05, 0.1) is 12.3 Å². The zero-order valence-corrected chi connectivity index (χ0v) is 18.4. The number of nitrogens with zero attached hydrogens (tertiary/aromatic N) is 3. The van der Waals surface area contributed by atoms with Gasteiger partial charge in [-0.2, -0.15) is 18.3 Å². The van der Waals surface area contributed by atoms with Gasteiger partial charge in [-0.05, 0) is 42.3 Å². The van der Waals surface area contributed by atoms with Crippen molar-refractivity contribution in [3.05, 3.63) is 118 Å². The average molecular weight is 476 g/mol. The lowest BCUT2D eigenvalue weighted by Crippen LogP contribution is -2.17. The van der Waals surface area contributed by atoms with Crippen LogP contribution in [0, 0.1) is 13.5 Å². The van der Waals surface area contributed by atoms with Gasteiger partial charge in [0.15, 0.2) is 11.4 Å². The molecule has 0 aliphatic carbocycles. The number of rotatable bonds is 5. The summed E-state index contributed by atoms with van der Waals surface area (Å²) in [6, 6.07) is 20.2. The SMILES string of the molecule is [C-]#[N+]c1cccc(-n2nc(C(F)(F)F)cc2C(=O)Nc2cccc(C(O)c3cccc(C)c3)c2)c1. The van der Waals surface area contributed by atoms with Crippen LogP contribution in [-0.2, 0) is 6.18 Å². The van der Waals surface area contributed by atoms with Crippen LogP contribution in [0.2, 0.25) is 0 Å². The van der Waals surface area contributed by atoms with Crippen molar-refractivity contribution in [2.24, 2.45) is 0 Å². The second kappa shape index (κ2) is 9.44. The standard InChI is InChI=1S/C26H19F3N4O2/c1-16-6-3-7-17(12-16)24(34)18-8-4-10-20(13-18)31-25(35)22-15-23(26(27,28)29)32-33(22)21-11-5-9-19(14-21)30-2/h3-15,24,34H,1H3,(H,31,35). The van der Waals surface area contributed by atoms with E-state index in [2.05, 4.69) is 15.3 Å². The molecule has 35 heavy (non-hydrogen) atoms. The zero-order chi connectivity index (χ0) is 25.2. The van der Waals surface area contributed by atoms with Crippen molar-refractivity contribution >= 4 is 17.3 Å². The summed E-state index contributed by atoms with van der Waals surface area (Å²) in [4.78, 5) is 16.3. The highest BCUT2D eigenvalue weighted by atomic mass is 19.4. The van der Waals surface area contributed by atoms with Crippen molar-refractivity contribution in [2.75, 3.05) is 5.32 Å². The summed E-state index contributed by atoms with van der Waals surface area (Å²) in [5.74, 6) is -0.830. The average Bonchev–Trinajstić information content (AvgIpc) is 3.30. The third-order valence-corrected chi connectivity index (χ3v) is 5.25. The van der Waals surface area contributed by atoms with E-state index in [1.807, 2.05) is 25.1 Å². The van der Waals surface area contributed by atoms with Gasteiger partial charge in [0.25, 0.3) is 5.91 Å². The van der Waals surface area contributed by atoms with Gasteiger partial charge >= 0.3 is 6.18 Å².